The van der Waals surface area contributed by atoms with Crippen LogP contribution < -0.4 is 0 Å². The zero-order chi connectivity index (χ0) is 22.5. The molecule has 8 heteroatoms. The van der Waals surface area contributed by atoms with E-state index in [0.717, 1.165) is 41.8 Å². The van der Waals surface area contributed by atoms with Gasteiger partial charge in [-0.25, -0.2) is 5.01 Å². The molecule has 0 saturated heterocycles. The second kappa shape index (κ2) is 10.6. The highest BCUT2D eigenvalue weighted by atomic mass is 35.5. The van der Waals surface area contributed by atoms with Crippen LogP contribution in [0.15, 0.2) is 46.9 Å². The van der Waals surface area contributed by atoms with Gasteiger partial charge >= 0.3 is 0 Å². The van der Waals surface area contributed by atoms with Crippen molar-refractivity contribution < 1.29 is 14.3 Å². The standard InChI is InChI=1S/C24H28ClN3O3S/c1-31-13-12-27(24(30)17-7-2-3-8-17)16-23(29)28-21(18-9-4-5-10-19(18)25)15-20(26-28)22-11-6-14-32-22/h4-6,9-11,14,17,21H,2-3,7-8,12-13,15-16H2,1H3. The van der Waals surface area contributed by atoms with Crippen molar-refractivity contribution in [3.8, 4) is 0 Å². The van der Waals surface area contributed by atoms with Crippen LogP contribution in [-0.2, 0) is 14.3 Å². The summed E-state index contributed by atoms with van der Waals surface area (Å²) in [7, 11) is 1.60. The summed E-state index contributed by atoms with van der Waals surface area (Å²) < 4.78 is 5.20. The van der Waals surface area contributed by atoms with Gasteiger partial charge in [0.1, 0.15) is 6.54 Å². The molecule has 1 atom stereocenters. The van der Waals surface area contributed by atoms with Crippen molar-refractivity contribution in [3.63, 3.8) is 0 Å². The lowest BCUT2D eigenvalue weighted by Crippen LogP contribution is -2.44. The molecule has 4 rings (SSSR count). The van der Waals surface area contributed by atoms with Gasteiger partial charge in [-0.15, -0.1) is 11.3 Å². The Labute approximate surface area is 197 Å². The number of hydrogen-bond donors (Lipinski definition) is 0. The second-order valence-electron chi connectivity index (χ2n) is 8.24. The van der Waals surface area contributed by atoms with Gasteiger partial charge in [-0.1, -0.05) is 48.7 Å². The van der Waals surface area contributed by atoms with Crippen molar-refractivity contribution in [1.82, 2.24) is 9.91 Å². The number of nitrogens with zero attached hydrogens (tertiary/aromatic N) is 3. The molecule has 1 aliphatic heterocycles. The van der Waals surface area contributed by atoms with Gasteiger partial charge in [0, 0.05) is 31.0 Å². The molecular weight excluding hydrogens is 446 g/mol. The van der Waals surface area contributed by atoms with E-state index in [1.54, 1.807) is 23.3 Å². The predicted molar refractivity (Wildman–Crippen MR) is 127 cm³/mol. The third kappa shape index (κ3) is 5.05. The molecule has 1 aromatic heterocycles. The zero-order valence-corrected chi connectivity index (χ0v) is 19.8. The molecule has 0 bridgehead atoms. The van der Waals surface area contributed by atoms with Gasteiger partial charge in [-0.2, -0.15) is 5.10 Å². The lowest BCUT2D eigenvalue weighted by Gasteiger charge is -2.28. The number of halogens is 1. The molecule has 1 aliphatic carbocycles. The fourth-order valence-electron chi connectivity index (χ4n) is 4.45. The first-order chi connectivity index (χ1) is 15.6. The Morgan fingerprint density at radius 1 is 1.22 bits per heavy atom. The number of thiophene rings is 1. The van der Waals surface area contributed by atoms with E-state index in [9.17, 15) is 9.59 Å². The molecule has 1 saturated carbocycles. The van der Waals surface area contributed by atoms with E-state index in [4.69, 9.17) is 21.4 Å². The van der Waals surface area contributed by atoms with Crippen LogP contribution in [0, 0.1) is 5.92 Å². The zero-order valence-electron chi connectivity index (χ0n) is 18.2. The van der Waals surface area contributed by atoms with E-state index in [0.29, 0.717) is 24.6 Å². The third-order valence-electron chi connectivity index (χ3n) is 6.14. The number of hydrazone groups is 1. The van der Waals surface area contributed by atoms with E-state index in [1.165, 1.54) is 5.01 Å². The molecule has 2 aromatic rings. The normalized spacial score (nSPS) is 18.8. The number of benzene rings is 1. The van der Waals surface area contributed by atoms with Crippen LogP contribution in [0.3, 0.4) is 0 Å². The first-order valence-electron chi connectivity index (χ1n) is 11.0. The molecule has 6 nitrogen and oxygen atoms in total. The second-order valence-corrected chi connectivity index (χ2v) is 9.59. The number of rotatable bonds is 8. The van der Waals surface area contributed by atoms with Gasteiger partial charge in [0.25, 0.3) is 5.91 Å². The highest BCUT2D eigenvalue weighted by Gasteiger charge is 2.36. The number of ether oxygens (including phenoxy) is 1. The molecule has 0 radical (unpaired) electrons. The summed E-state index contributed by atoms with van der Waals surface area (Å²) in [4.78, 5) is 29.3. The number of hydrogen-bond acceptors (Lipinski definition) is 5. The summed E-state index contributed by atoms with van der Waals surface area (Å²) in [5.74, 6) is -0.157. The fraction of sp³-hybridized carbons (Fsp3) is 0.458. The van der Waals surface area contributed by atoms with Crippen LogP contribution in [0.5, 0.6) is 0 Å². The fourth-order valence-corrected chi connectivity index (χ4v) is 5.44. The smallest absolute Gasteiger partial charge is 0.262 e. The van der Waals surface area contributed by atoms with Crippen LogP contribution in [0.4, 0.5) is 0 Å². The SMILES string of the molecule is COCCN(CC(=O)N1N=C(c2cccs2)CC1c1ccccc1Cl)C(=O)C1CCCC1. The van der Waals surface area contributed by atoms with Gasteiger partial charge in [0.2, 0.25) is 5.91 Å². The molecule has 2 heterocycles. The van der Waals surface area contributed by atoms with Crippen molar-refractivity contribution in [2.24, 2.45) is 11.0 Å². The summed E-state index contributed by atoms with van der Waals surface area (Å²) >= 11 is 8.09. The molecular formula is C24H28ClN3O3S. The molecule has 1 aromatic carbocycles. The Hall–Kier alpha value is -2.22. The molecule has 32 heavy (non-hydrogen) atoms. The Morgan fingerprint density at radius 3 is 2.69 bits per heavy atom. The van der Waals surface area contributed by atoms with E-state index < -0.39 is 0 Å². The number of carbonyl (C=O) groups is 2. The molecule has 2 aliphatic rings. The van der Waals surface area contributed by atoms with Crippen molar-refractivity contribution in [2.45, 2.75) is 38.1 Å². The van der Waals surface area contributed by atoms with Gasteiger partial charge in [-0.3, -0.25) is 9.59 Å². The summed E-state index contributed by atoms with van der Waals surface area (Å²) in [5.41, 5.74) is 1.73. The Kier molecular flexibility index (Phi) is 7.60. The summed E-state index contributed by atoms with van der Waals surface area (Å²) in [6.45, 7) is 0.772. The van der Waals surface area contributed by atoms with Gasteiger partial charge < -0.3 is 9.64 Å². The summed E-state index contributed by atoms with van der Waals surface area (Å²) in [5, 5.41) is 8.84. The maximum Gasteiger partial charge on any atom is 0.262 e. The highest BCUT2D eigenvalue weighted by Crippen LogP contribution is 2.37. The van der Waals surface area contributed by atoms with Crippen LogP contribution in [-0.4, -0.2) is 54.2 Å². The van der Waals surface area contributed by atoms with Gasteiger partial charge in [0.05, 0.1) is 23.2 Å². The van der Waals surface area contributed by atoms with E-state index in [2.05, 4.69) is 0 Å². The molecule has 170 valence electrons. The Balaban J connectivity index is 1.58. The minimum Gasteiger partial charge on any atom is -0.383 e. The number of amides is 2. The highest BCUT2D eigenvalue weighted by molar-refractivity contribution is 7.12. The predicted octanol–water partition coefficient (Wildman–Crippen LogP) is 4.74. The van der Waals surface area contributed by atoms with Crippen molar-refractivity contribution >= 4 is 40.5 Å². The molecule has 0 N–H and O–H groups in total. The van der Waals surface area contributed by atoms with Crippen LogP contribution in [0.25, 0.3) is 0 Å². The minimum atomic E-state index is -0.292. The molecule has 1 unspecified atom stereocenters. The number of methoxy groups -OCH3 is 1. The maximum absolute atomic E-state index is 13.5. The lowest BCUT2D eigenvalue weighted by molar-refractivity contribution is -0.144. The third-order valence-corrected chi connectivity index (χ3v) is 7.41. The topological polar surface area (TPSA) is 62.2 Å². The molecule has 2 amide bonds. The monoisotopic (exact) mass is 473 g/mol. The average Bonchev–Trinajstić information content (AvgIpc) is 3.57. The van der Waals surface area contributed by atoms with E-state index in [-0.39, 0.29) is 30.3 Å². The van der Waals surface area contributed by atoms with Gasteiger partial charge in [-0.05, 0) is 35.9 Å². The van der Waals surface area contributed by atoms with Crippen molar-refractivity contribution in [3.05, 3.63) is 57.2 Å². The van der Waals surface area contributed by atoms with Crippen LogP contribution >= 0.6 is 22.9 Å². The maximum atomic E-state index is 13.5. The summed E-state index contributed by atoms with van der Waals surface area (Å²) in [6, 6.07) is 11.3. The first-order valence-corrected chi connectivity index (χ1v) is 12.3. The Morgan fingerprint density at radius 2 is 2.00 bits per heavy atom. The van der Waals surface area contributed by atoms with Crippen LogP contribution in [0.1, 0.15) is 48.6 Å². The summed E-state index contributed by atoms with van der Waals surface area (Å²) in [6.07, 6.45) is 4.51. The molecule has 0 spiro atoms. The van der Waals surface area contributed by atoms with E-state index in [1.807, 2.05) is 41.8 Å². The van der Waals surface area contributed by atoms with E-state index >= 15 is 0 Å². The molecule has 1 fully saturated rings. The largest absolute Gasteiger partial charge is 0.383 e. The lowest BCUT2D eigenvalue weighted by atomic mass is 10.0. The minimum absolute atomic E-state index is 0.00257. The van der Waals surface area contributed by atoms with Crippen molar-refractivity contribution in [1.29, 1.82) is 0 Å². The average molecular weight is 474 g/mol. The number of carbonyl (C=O) groups excluding carboxylic acids is 2. The Bertz CT molecular complexity index is 973. The van der Waals surface area contributed by atoms with Crippen LogP contribution in [0.2, 0.25) is 5.02 Å². The quantitative estimate of drug-likeness (QED) is 0.556. The van der Waals surface area contributed by atoms with Gasteiger partial charge in [0.15, 0.2) is 0 Å². The van der Waals surface area contributed by atoms with Crippen molar-refractivity contribution in [2.75, 3.05) is 26.8 Å². The first kappa shape index (κ1) is 23.0.